The molecule has 0 saturated carbocycles. The monoisotopic (exact) mass is 341 g/mol. The van der Waals surface area contributed by atoms with Crippen LogP contribution in [0.1, 0.15) is 18.9 Å². The molecule has 1 aromatic rings. The molecule has 2 N–H and O–H groups in total. The lowest BCUT2D eigenvalue weighted by atomic mass is 10.2. The molecule has 0 aromatic heterocycles. The molecule has 0 bridgehead atoms. The smallest absolute Gasteiger partial charge is 0.191 e. The second-order valence-electron chi connectivity index (χ2n) is 5.00. The van der Waals surface area contributed by atoms with E-state index in [2.05, 4.69) is 15.6 Å². The number of benzene rings is 1. The van der Waals surface area contributed by atoms with Crippen molar-refractivity contribution in [3.05, 3.63) is 22.7 Å². The Labute approximate surface area is 142 Å². The third-order valence-corrected chi connectivity index (χ3v) is 3.57. The first-order valence-electron chi connectivity index (χ1n) is 7.85. The second-order valence-corrected chi connectivity index (χ2v) is 5.41. The lowest BCUT2D eigenvalue weighted by Crippen LogP contribution is -2.38. The highest BCUT2D eigenvalue weighted by molar-refractivity contribution is 6.32. The van der Waals surface area contributed by atoms with E-state index in [-0.39, 0.29) is 0 Å². The summed E-state index contributed by atoms with van der Waals surface area (Å²) in [6.07, 6.45) is 0.856. The van der Waals surface area contributed by atoms with E-state index in [9.17, 15) is 0 Å². The third-order valence-electron chi connectivity index (χ3n) is 3.29. The van der Waals surface area contributed by atoms with Crippen LogP contribution in [0.4, 0.5) is 0 Å². The minimum Gasteiger partial charge on any atom is -0.489 e. The Kier molecular flexibility index (Phi) is 7.29. The number of nitrogens with zero attached hydrogens (tertiary/aromatic N) is 1. The van der Waals surface area contributed by atoms with Gasteiger partial charge >= 0.3 is 0 Å². The topological polar surface area (TPSA) is 64.1 Å². The highest BCUT2D eigenvalue weighted by Gasteiger charge is 2.15. The number of aliphatic imine (C=N–C) groups is 1. The average molecular weight is 342 g/mol. The van der Waals surface area contributed by atoms with Crippen LogP contribution in [-0.4, -0.2) is 46.0 Å². The quantitative estimate of drug-likeness (QED) is 0.472. The molecule has 0 fully saturated rings. The van der Waals surface area contributed by atoms with E-state index in [1.807, 2.05) is 19.1 Å². The molecular weight excluding hydrogens is 318 g/mol. The molecule has 1 aromatic carbocycles. The number of guanidine groups is 1. The maximum absolute atomic E-state index is 6.29. The van der Waals surface area contributed by atoms with Crippen molar-refractivity contribution >= 4 is 17.6 Å². The molecule has 1 aliphatic heterocycles. The second kappa shape index (κ2) is 9.47. The Bertz CT molecular complexity index is 538. The summed E-state index contributed by atoms with van der Waals surface area (Å²) in [6, 6.07) is 3.84. The van der Waals surface area contributed by atoms with Gasteiger partial charge in [0.05, 0.1) is 24.8 Å². The Morgan fingerprint density at radius 1 is 1.30 bits per heavy atom. The first-order chi connectivity index (χ1) is 11.2. The van der Waals surface area contributed by atoms with Gasteiger partial charge in [-0.15, -0.1) is 0 Å². The average Bonchev–Trinajstić information content (AvgIpc) is 2.80. The summed E-state index contributed by atoms with van der Waals surface area (Å²) in [5.41, 5.74) is 1.01. The van der Waals surface area contributed by atoms with Crippen LogP contribution < -0.4 is 20.1 Å². The van der Waals surface area contributed by atoms with Crippen molar-refractivity contribution in [2.45, 2.75) is 19.9 Å². The Hall–Kier alpha value is -1.66. The summed E-state index contributed by atoms with van der Waals surface area (Å²) < 4.78 is 16.6. The van der Waals surface area contributed by atoms with Gasteiger partial charge in [0.2, 0.25) is 0 Å². The molecule has 0 unspecified atom stereocenters. The number of nitrogens with one attached hydrogen (secondary N) is 2. The van der Waals surface area contributed by atoms with Crippen LogP contribution in [0.25, 0.3) is 0 Å². The molecule has 128 valence electrons. The minimum absolute atomic E-state index is 0.570. The van der Waals surface area contributed by atoms with Gasteiger partial charge in [0.1, 0.15) is 0 Å². The number of fused-ring (bicyclic) bond motifs is 1. The highest BCUT2D eigenvalue weighted by atomic mass is 35.5. The molecule has 2 rings (SSSR count). The Balaban J connectivity index is 1.92. The Morgan fingerprint density at radius 3 is 2.91 bits per heavy atom. The van der Waals surface area contributed by atoms with Crippen molar-refractivity contribution in [3.63, 3.8) is 0 Å². The van der Waals surface area contributed by atoms with E-state index in [1.165, 1.54) is 0 Å². The number of halogens is 1. The lowest BCUT2D eigenvalue weighted by molar-refractivity contribution is 0.152. The molecule has 1 heterocycles. The van der Waals surface area contributed by atoms with Crippen molar-refractivity contribution in [2.75, 3.05) is 40.0 Å². The first kappa shape index (κ1) is 17.7. The Morgan fingerprint density at radius 2 is 2.13 bits per heavy atom. The van der Waals surface area contributed by atoms with Crippen molar-refractivity contribution in [1.29, 1.82) is 0 Å². The molecule has 0 atom stereocenters. The van der Waals surface area contributed by atoms with E-state index < -0.39 is 0 Å². The van der Waals surface area contributed by atoms with E-state index >= 15 is 0 Å². The summed E-state index contributed by atoms with van der Waals surface area (Å²) >= 11 is 6.29. The molecule has 23 heavy (non-hydrogen) atoms. The van der Waals surface area contributed by atoms with Gasteiger partial charge in [-0.05, 0) is 24.6 Å². The number of rotatable bonds is 6. The molecular formula is C16H24ClN3O3. The van der Waals surface area contributed by atoms with Crippen molar-refractivity contribution in [3.8, 4) is 11.5 Å². The zero-order valence-electron chi connectivity index (χ0n) is 13.7. The predicted molar refractivity (Wildman–Crippen MR) is 91.8 cm³/mol. The minimum atomic E-state index is 0.570. The van der Waals surface area contributed by atoms with Crippen molar-refractivity contribution < 1.29 is 14.2 Å². The fourth-order valence-electron chi connectivity index (χ4n) is 2.18. The van der Waals surface area contributed by atoms with Gasteiger partial charge in [0.15, 0.2) is 17.5 Å². The maximum atomic E-state index is 6.29. The van der Waals surface area contributed by atoms with Crippen LogP contribution >= 0.6 is 11.6 Å². The van der Waals surface area contributed by atoms with Gasteiger partial charge in [-0.1, -0.05) is 11.6 Å². The van der Waals surface area contributed by atoms with Crippen LogP contribution in [0.5, 0.6) is 11.5 Å². The summed E-state index contributed by atoms with van der Waals surface area (Å²) in [7, 11) is 1.73. The fourth-order valence-corrected chi connectivity index (χ4v) is 2.47. The molecule has 0 spiro atoms. The molecule has 6 nitrogen and oxygen atoms in total. The molecule has 0 radical (unpaired) electrons. The molecule has 1 aliphatic rings. The van der Waals surface area contributed by atoms with Gasteiger partial charge in [-0.2, -0.15) is 0 Å². The summed E-state index contributed by atoms with van der Waals surface area (Å²) in [5, 5.41) is 7.00. The fraction of sp³-hybridized carbons (Fsp3) is 0.562. The van der Waals surface area contributed by atoms with Crippen LogP contribution in [0.15, 0.2) is 17.1 Å². The molecule has 0 saturated heterocycles. The van der Waals surface area contributed by atoms with Crippen molar-refractivity contribution in [2.24, 2.45) is 4.99 Å². The highest BCUT2D eigenvalue weighted by Crippen LogP contribution is 2.37. The van der Waals surface area contributed by atoms with Crippen LogP contribution in [-0.2, 0) is 11.3 Å². The summed E-state index contributed by atoms with van der Waals surface area (Å²) in [4.78, 5) is 4.18. The van der Waals surface area contributed by atoms with Crippen molar-refractivity contribution in [1.82, 2.24) is 10.6 Å². The largest absolute Gasteiger partial charge is 0.489 e. The van der Waals surface area contributed by atoms with Gasteiger partial charge < -0.3 is 24.8 Å². The SMILES string of the molecule is CCOCCNC(=NC)NCc1cc(Cl)c2c(c1)OCCCO2. The summed E-state index contributed by atoms with van der Waals surface area (Å²) in [6.45, 7) is 5.89. The predicted octanol–water partition coefficient (Wildman–Crippen LogP) is 2.20. The van der Waals surface area contributed by atoms with E-state index in [0.29, 0.717) is 62.0 Å². The van der Waals surface area contributed by atoms with E-state index in [4.69, 9.17) is 25.8 Å². The number of hydrogen-bond donors (Lipinski definition) is 2. The van der Waals surface area contributed by atoms with Crippen LogP contribution in [0, 0.1) is 0 Å². The van der Waals surface area contributed by atoms with Crippen LogP contribution in [0.3, 0.4) is 0 Å². The van der Waals surface area contributed by atoms with Gasteiger partial charge in [0, 0.05) is 33.2 Å². The standard InChI is InChI=1S/C16H24ClN3O3/c1-3-21-8-5-19-16(18-2)20-11-12-9-13(17)15-14(10-12)22-6-4-7-23-15/h9-10H,3-8,11H2,1-2H3,(H2,18,19,20). The zero-order chi connectivity index (χ0) is 16.5. The number of hydrogen-bond acceptors (Lipinski definition) is 4. The van der Waals surface area contributed by atoms with E-state index in [0.717, 1.165) is 12.0 Å². The van der Waals surface area contributed by atoms with Gasteiger partial charge in [-0.3, -0.25) is 4.99 Å². The first-order valence-corrected chi connectivity index (χ1v) is 8.22. The van der Waals surface area contributed by atoms with Gasteiger partial charge in [0.25, 0.3) is 0 Å². The maximum Gasteiger partial charge on any atom is 0.191 e. The normalized spacial score (nSPS) is 14.3. The van der Waals surface area contributed by atoms with E-state index in [1.54, 1.807) is 7.05 Å². The molecule has 7 heteroatoms. The zero-order valence-corrected chi connectivity index (χ0v) is 14.4. The molecule has 0 aliphatic carbocycles. The van der Waals surface area contributed by atoms with Crippen LogP contribution in [0.2, 0.25) is 5.02 Å². The lowest BCUT2D eigenvalue weighted by Gasteiger charge is -2.14. The van der Waals surface area contributed by atoms with Gasteiger partial charge in [-0.25, -0.2) is 0 Å². The third kappa shape index (κ3) is 5.48. The number of ether oxygens (including phenoxy) is 3. The summed E-state index contributed by atoms with van der Waals surface area (Å²) in [5.74, 6) is 2.05. The molecule has 0 amide bonds.